The van der Waals surface area contributed by atoms with Gasteiger partial charge in [-0.25, -0.2) is 0 Å². The summed E-state index contributed by atoms with van der Waals surface area (Å²) in [7, 11) is 0. The van der Waals surface area contributed by atoms with Gasteiger partial charge in [0.1, 0.15) is 11.9 Å². The molecule has 0 radical (unpaired) electrons. The molecule has 2 aliphatic heterocycles. The quantitative estimate of drug-likeness (QED) is 0.216. The Labute approximate surface area is 250 Å². The molecule has 0 aliphatic carbocycles. The highest BCUT2D eigenvalue weighted by Crippen LogP contribution is 2.36. The molecule has 2 fully saturated rings. The highest BCUT2D eigenvalue weighted by atomic mass is 32.1. The fraction of sp³-hybridized carbons (Fsp3) is 0.333. The lowest BCUT2D eigenvalue weighted by Gasteiger charge is -2.25. The molecule has 2 saturated heterocycles. The second-order valence-corrected chi connectivity index (χ2v) is 11.4. The minimum absolute atomic E-state index is 0.00488. The van der Waals surface area contributed by atoms with Crippen LogP contribution in [-0.4, -0.2) is 66.6 Å². The molecule has 0 saturated carbocycles. The fourth-order valence-corrected chi connectivity index (χ4v) is 6.06. The lowest BCUT2D eigenvalue weighted by Crippen LogP contribution is -2.49. The van der Waals surface area contributed by atoms with Crippen molar-refractivity contribution in [1.29, 1.82) is 5.41 Å². The molecule has 5 N–H and O–H groups in total. The number of alkyl halides is 2. The molecule has 10 nitrogen and oxygen atoms in total. The van der Waals surface area contributed by atoms with Gasteiger partial charge in [0.2, 0.25) is 11.8 Å². The smallest absolute Gasteiger partial charge is 0.298 e. The molecular weight excluding hydrogens is 580 g/mol. The van der Waals surface area contributed by atoms with Gasteiger partial charge in [-0.2, -0.15) is 8.78 Å². The maximum atomic E-state index is 14.9. The van der Waals surface area contributed by atoms with Gasteiger partial charge in [-0.1, -0.05) is 42.5 Å². The van der Waals surface area contributed by atoms with Crippen LogP contribution >= 0.6 is 11.3 Å². The average molecular weight is 612 g/mol. The van der Waals surface area contributed by atoms with Crippen molar-refractivity contribution in [2.45, 2.75) is 37.1 Å². The third-order valence-electron chi connectivity index (χ3n) is 7.49. The van der Waals surface area contributed by atoms with E-state index >= 15 is 0 Å². The molecule has 0 bridgehead atoms. The summed E-state index contributed by atoms with van der Waals surface area (Å²) in [5.41, 5.74) is 5.77. The highest BCUT2D eigenvalue weighted by molar-refractivity contribution is 7.10. The first-order chi connectivity index (χ1) is 20.5. The molecule has 43 heavy (non-hydrogen) atoms. The molecule has 1 spiro atoms. The normalized spacial score (nSPS) is 18.4. The second kappa shape index (κ2) is 12.2. The molecule has 1 aromatic heterocycles. The van der Waals surface area contributed by atoms with Crippen molar-refractivity contribution >= 4 is 34.9 Å². The Balaban J connectivity index is 1.23. The summed E-state index contributed by atoms with van der Waals surface area (Å²) in [5.74, 6) is -6.01. The first kappa shape index (κ1) is 30.3. The third-order valence-corrected chi connectivity index (χ3v) is 8.61. The van der Waals surface area contributed by atoms with Crippen LogP contribution < -0.4 is 16.4 Å². The number of ether oxygens (including phenoxy) is 2. The molecule has 2 atom stereocenters. The van der Waals surface area contributed by atoms with Gasteiger partial charge in [0, 0.05) is 38.9 Å². The van der Waals surface area contributed by atoms with Crippen molar-refractivity contribution in [3.8, 4) is 0 Å². The Morgan fingerprint density at radius 1 is 1.09 bits per heavy atom. The van der Waals surface area contributed by atoms with Gasteiger partial charge in [0.05, 0.1) is 32.3 Å². The number of benzene rings is 2. The predicted octanol–water partition coefficient (Wildman–Crippen LogP) is 3.12. The van der Waals surface area contributed by atoms with Crippen LogP contribution in [0.15, 0.2) is 66.0 Å². The van der Waals surface area contributed by atoms with Crippen LogP contribution in [0.1, 0.15) is 51.3 Å². The Kier molecular flexibility index (Phi) is 8.58. The van der Waals surface area contributed by atoms with Crippen molar-refractivity contribution in [1.82, 2.24) is 15.5 Å². The number of likely N-dealkylation sites (tertiary alicyclic amines) is 1. The van der Waals surface area contributed by atoms with Gasteiger partial charge in [0.15, 0.2) is 5.79 Å². The van der Waals surface area contributed by atoms with E-state index in [0.717, 1.165) is 4.88 Å². The number of rotatable bonds is 9. The molecule has 2 aromatic carbocycles. The number of carbonyl (C=O) groups excluding carboxylic acids is 3. The van der Waals surface area contributed by atoms with E-state index < -0.39 is 48.1 Å². The number of amides is 3. The Morgan fingerprint density at radius 2 is 1.74 bits per heavy atom. The Morgan fingerprint density at radius 3 is 2.37 bits per heavy atom. The van der Waals surface area contributed by atoms with Gasteiger partial charge in [-0.15, -0.1) is 11.3 Å². The van der Waals surface area contributed by atoms with E-state index in [2.05, 4.69) is 10.6 Å². The van der Waals surface area contributed by atoms with Crippen LogP contribution in [0.25, 0.3) is 0 Å². The third kappa shape index (κ3) is 6.43. The lowest BCUT2D eigenvalue weighted by atomic mass is 9.99. The van der Waals surface area contributed by atoms with Crippen LogP contribution in [0.5, 0.6) is 0 Å². The predicted molar refractivity (Wildman–Crippen MR) is 155 cm³/mol. The van der Waals surface area contributed by atoms with E-state index in [1.807, 2.05) is 0 Å². The molecule has 2 aliphatic rings. The monoisotopic (exact) mass is 611 g/mol. The minimum atomic E-state index is -3.24. The Bertz CT molecular complexity index is 1510. The van der Waals surface area contributed by atoms with Crippen LogP contribution in [-0.2, 0) is 25.0 Å². The van der Waals surface area contributed by atoms with Crippen LogP contribution in [0, 0.1) is 5.41 Å². The number of nitrogens with two attached hydrogens (primary N) is 1. The van der Waals surface area contributed by atoms with Crippen LogP contribution in [0.4, 0.5) is 8.78 Å². The summed E-state index contributed by atoms with van der Waals surface area (Å²) < 4.78 is 41.3. The largest absolute Gasteiger partial charge is 0.384 e. The number of nitrogens with zero attached hydrogens (tertiary/aromatic N) is 1. The summed E-state index contributed by atoms with van der Waals surface area (Å²) in [6, 6.07) is 12.7. The zero-order valence-corrected chi connectivity index (χ0v) is 24.1. The van der Waals surface area contributed by atoms with E-state index in [4.69, 9.17) is 20.6 Å². The number of halogens is 2. The van der Waals surface area contributed by atoms with Crippen molar-refractivity contribution in [2.24, 2.45) is 5.73 Å². The molecule has 3 heterocycles. The van der Waals surface area contributed by atoms with Gasteiger partial charge in [-0.05, 0) is 25.1 Å². The summed E-state index contributed by atoms with van der Waals surface area (Å²) in [6.07, 6.45) is 0.117. The average Bonchev–Trinajstić information content (AvgIpc) is 3.77. The minimum Gasteiger partial charge on any atom is -0.384 e. The second-order valence-electron chi connectivity index (χ2n) is 10.4. The first-order valence-corrected chi connectivity index (χ1v) is 14.5. The molecule has 3 amide bonds. The van der Waals surface area contributed by atoms with Crippen molar-refractivity contribution < 1.29 is 32.6 Å². The van der Waals surface area contributed by atoms with Gasteiger partial charge >= 0.3 is 0 Å². The summed E-state index contributed by atoms with van der Waals surface area (Å²) in [5, 5.41) is 14.7. The number of hydrogen-bond donors (Lipinski definition) is 4. The summed E-state index contributed by atoms with van der Waals surface area (Å²) >= 11 is 1.35. The SMILES string of the molecule is CC(NC(=O)[C@@H]1CC2(CN1C(=O)CNC(=O)c1ccc(C(F)(F)c3ccccc3)cc1)OCCO2)c1cc(C(=N)N)cs1. The Hall–Kier alpha value is -4.20. The van der Waals surface area contributed by atoms with E-state index in [1.165, 1.54) is 64.8 Å². The van der Waals surface area contributed by atoms with Crippen molar-refractivity contribution in [3.63, 3.8) is 0 Å². The van der Waals surface area contributed by atoms with Crippen molar-refractivity contribution in [2.75, 3.05) is 26.3 Å². The van der Waals surface area contributed by atoms with Crippen LogP contribution in [0.3, 0.4) is 0 Å². The maximum absolute atomic E-state index is 14.9. The summed E-state index contributed by atoms with van der Waals surface area (Å²) in [4.78, 5) is 41.6. The number of amidine groups is 1. The van der Waals surface area contributed by atoms with Gasteiger partial charge in [0.25, 0.3) is 11.8 Å². The number of hydrogen-bond acceptors (Lipinski definition) is 7. The first-order valence-electron chi connectivity index (χ1n) is 13.6. The summed E-state index contributed by atoms with van der Waals surface area (Å²) in [6.45, 7) is 2.01. The van der Waals surface area contributed by atoms with Crippen molar-refractivity contribution in [3.05, 3.63) is 93.2 Å². The van der Waals surface area contributed by atoms with Gasteiger partial charge in [-0.3, -0.25) is 19.8 Å². The molecule has 1 unspecified atom stereocenters. The highest BCUT2D eigenvalue weighted by Gasteiger charge is 2.52. The van der Waals surface area contributed by atoms with E-state index in [1.54, 1.807) is 24.4 Å². The molecular formula is C30H31F2N5O5S. The molecule has 226 valence electrons. The number of nitrogens with one attached hydrogen (secondary N) is 3. The van der Waals surface area contributed by atoms with E-state index in [0.29, 0.717) is 18.8 Å². The standard InChI is InChI=1S/C30H31F2N5O5S/c1-18(24-13-20(16-43-24)26(33)34)36-28(40)23-14-29(41-11-12-42-29)17-37(23)25(38)15-35-27(39)19-7-9-22(10-8-19)30(31,32)21-5-3-2-4-6-21/h2-10,13,16,18,23H,11-12,14-15,17H2,1H3,(H3,33,34)(H,35,39)(H,36,40)/t18?,23-/m0/s1. The number of nitrogen functional groups attached to an aromatic ring is 1. The zero-order valence-electron chi connectivity index (χ0n) is 23.3. The topological polar surface area (TPSA) is 147 Å². The maximum Gasteiger partial charge on any atom is 0.298 e. The number of carbonyl (C=O) groups is 3. The molecule has 5 rings (SSSR count). The number of thiophene rings is 1. The van der Waals surface area contributed by atoms with Crippen LogP contribution in [0.2, 0.25) is 0 Å². The zero-order chi connectivity index (χ0) is 30.8. The molecule has 3 aromatic rings. The van der Waals surface area contributed by atoms with E-state index in [9.17, 15) is 23.2 Å². The van der Waals surface area contributed by atoms with Gasteiger partial charge < -0.3 is 30.7 Å². The lowest BCUT2D eigenvalue weighted by molar-refractivity contribution is -0.152. The molecule has 13 heteroatoms. The fourth-order valence-electron chi connectivity index (χ4n) is 5.15. The van der Waals surface area contributed by atoms with E-state index in [-0.39, 0.29) is 35.5 Å².